The molecular formula is C10H19N4S+. The molecule has 2 heterocycles. The Kier molecular flexibility index (Phi) is 3.64. The molecule has 1 aliphatic rings. The molecule has 0 unspecified atom stereocenters. The average molecular weight is 227 g/mol. The van der Waals surface area contributed by atoms with Gasteiger partial charge in [0.15, 0.2) is 5.16 Å². The number of nitrogens with two attached hydrogens (primary N) is 1. The van der Waals surface area contributed by atoms with Gasteiger partial charge in [0.2, 0.25) is 0 Å². The monoisotopic (exact) mass is 227 g/mol. The molecule has 1 fully saturated rings. The van der Waals surface area contributed by atoms with Crippen molar-refractivity contribution in [3.63, 3.8) is 0 Å². The van der Waals surface area contributed by atoms with E-state index in [4.69, 9.17) is 0 Å². The Morgan fingerprint density at radius 1 is 1.53 bits per heavy atom. The van der Waals surface area contributed by atoms with E-state index in [1.807, 2.05) is 0 Å². The van der Waals surface area contributed by atoms with Crippen LogP contribution in [0.3, 0.4) is 0 Å². The number of aromatic nitrogens is 3. The summed E-state index contributed by atoms with van der Waals surface area (Å²) >= 11 is 1.77. The first-order valence-corrected chi connectivity index (χ1v) is 6.65. The molecular weight excluding hydrogens is 208 g/mol. The van der Waals surface area contributed by atoms with Crippen molar-refractivity contribution in [1.29, 1.82) is 0 Å². The number of hydrogen-bond acceptors (Lipinski definition) is 3. The number of thioether (sulfide) groups is 1. The Morgan fingerprint density at radius 3 is 3.07 bits per heavy atom. The molecule has 15 heavy (non-hydrogen) atoms. The molecule has 0 bridgehead atoms. The summed E-state index contributed by atoms with van der Waals surface area (Å²) in [7, 11) is 2.09. The molecule has 1 atom stereocenters. The maximum absolute atomic E-state index is 4.33. The molecule has 0 spiro atoms. The van der Waals surface area contributed by atoms with Crippen LogP contribution in [0.25, 0.3) is 0 Å². The van der Waals surface area contributed by atoms with Gasteiger partial charge in [0, 0.05) is 7.05 Å². The van der Waals surface area contributed by atoms with Crippen molar-refractivity contribution < 1.29 is 5.32 Å². The molecule has 4 nitrogen and oxygen atoms in total. The Labute approximate surface area is 94.8 Å². The van der Waals surface area contributed by atoms with E-state index in [-0.39, 0.29) is 0 Å². The SMILES string of the molecule is CCSc1nnc([C@H]2CCC[NH2+]C2)n1C. The highest BCUT2D eigenvalue weighted by molar-refractivity contribution is 7.99. The van der Waals surface area contributed by atoms with Gasteiger partial charge in [-0.2, -0.15) is 0 Å². The molecule has 1 saturated heterocycles. The van der Waals surface area contributed by atoms with Gasteiger partial charge in [-0.05, 0) is 18.6 Å². The van der Waals surface area contributed by atoms with Crippen LogP contribution in [0.2, 0.25) is 0 Å². The van der Waals surface area contributed by atoms with E-state index < -0.39 is 0 Å². The second kappa shape index (κ2) is 4.99. The molecule has 0 radical (unpaired) electrons. The fourth-order valence-electron chi connectivity index (χ4n) is 2.12. The standard InChI is InChI=1S/C10H18N4S/c1-3-15-10-13-12-9(14(10)2)8-5-4-6-11-7-8/h8,11H,3-7H2,1-2H3/p+1/t8-/m0/s1. The molecule has 0 amide bonds. The second-order valence-corrected chi connectivity index (χ2v) is 5.22. The summed E-state index contributed by atoms with van der Waals surface area (Å²) in [6.07, 6.45) is 2.56. The number of quaternary nitrogens is 1. The van der Waals surface area contributed by atoms with Gasteiger partial charge < -0.3 is 9.88 Å². The number of rotatable bonds is 3. The van der Waals surface area contributed by atoms with Crippen LogP contribution in [0, 0.1) is 0 Å². The smallest absolute Gasteiger partial charge is 0.190 e. The van der Waals surface area contributed by atoms with Crippen LogP contribution in [-0.2, 0) is 7.05 Å². The van der Waals surface area contributed by atoms with E-state index in [9.17, 15) is 0 Å². The number of piperidine rings is 1. The maximum atomic E-state index is 4.33. The third kappa shape index (κ3) is 2.34. The topological polar surface area (TPSA) is 47.3 Å². The van der Waals surface area contributed by atoms with Crippen LogP contribution in [0.4, 0.5) is 0 Å². The van der Waals surface area contributed by atoms with Gasteiger partial charge in [0.1, 0.15) is 5.82 Å². The predicted molar refractivity (Wildman–Crippen MR) is 61.0 cm³/mol. The molecule has 84 valence electrons. The average Bonchev–Trinajstić information content (AvgIpc) is 2.63. The van der Waals surface area contributed by atoms with Crippen molar-refractivity contribution in [3.05, 3.63) is 5.82 Å². The zero-order valence-electron chi connectivity index (χ0n) is 9.44. The van der Waals surface area contributed by atoms with E-state index in [1.54, 1.807) is 11.8 Å². The van der Waals surface area contributed by atoms with Crippen LogP contribution in [-0.4, -0.2) is 33.6 Å². The van der Waals surface area contributed by atoms with Crippen LogP contribution >= 0.6 is 11.8 Å². The normalized spacial score (nSPS) is 21.9. The Bertz CT molecular complexity index is 317. The van der Waals surface area contributed by atoms with Gasteiger partial charge in [-0.25, -0.2) is 0 Å². The summed E-state index contributed by atoms with van der Waals surface area (Å²) in [5.41, 5.74) is 0. The first-order chi connectivity index (χ1) is 7.33. The van der Waals surface area contributed by atoms with Crippen molar-refractivity contribution in [2.45, 2.75) is 30.8 Å². The van der Waals surface area contributed by atoms with Gasteiger partial charge >= 0.3 is 0 Å². The van der Waals surface area contributed by atoms with E-state index in [1.165, 1.54) is 31.8 Å². The molecule has 5 heteroatoms. The lowest BCUT2D eigenvalue weighted by Crippen LogP contribution is -2.86. The lowest BCUT2D eigenvalue weighted by Gasteiger charge is -2.19. The van der Waals surface area contributed by atoms with Crippen molar-refractivity contribution >= 4 is 11.8 Å². The third-order valence-electron chi connectivity index (χ3n) is 2.92. The second-order valence-electron chi connectivity index (χ2n) is 3.99. The molecule has 1 aliphatic heterocycles. The van der Waals surface area contributed by atoms with Crippen molar-refractivity contribution in [2.75, 3.05) is 18.8 Å². The van der Waals surface area contributed by atoms with E-state index in [0.29, 0.717) is 5.92 Å². The lowest BCUT2D eigenvalue weighted by atomic mass is 9.99. The molecule has 2 N–H and O–H groups in total. The van der Waals surface area contributed by atoms with Crippen molar-refractivity contribution in [1.82, 2.24) is 14.8 Å². The third-order valence-corrected chi connectivity index (χ3v) is 3.82. The van der Waals surface area contributed by atoms with Gasteiger partial charge in [-0.1, -0.05) is 18.7 Å². The molecule has 0 saturated carbocycles. The highest BCUT2D eigenvalue weighted by atomic mass is 32.2. The van der Waals surface area contributed by atoms with Crippen molar-refractivity contribution in [2.24, 2.45) is 7.05 Å². The zero-order chi connectivity index (χ0) is 10.7. The minimum Gasteiger partial charge on any atom is -0.346 e. The van der Waals surface area contributed by atoms with Crippen LogP contribution in [0.5, 0.6) is 0 Å². The number of hydrogen-bond donors (Lipinski definition) is 1. The first kappa shape index (κ1) is 11.0. The zero-order valence-corrected chi connectivity index (χ0v) is 10.3. The molecule has 2 rings (SSSR count). The van der Waals surface area contributed by atoms with Gasteiger partial charge in [-0.15, -0.1) is 10.2 Å². The summed E-state index contributed by atoms with van der Waals surface area (Å²) in [4.78, 5) is 0. The summed E-state index contributed by atoms with van der Waals surface area (Å²) in [6, 6.07) is 0. The van der Waals surface area contributed by atoms with Crippen LogP contribution in [0.1, 0.15) is 31.5 Å². The van der Waals surface area contributed by atoms with E-state index in [2.05, 4.69) is 34.1 Å². The van der Waals surface area contributed by atoms with Gasteiger partial charge in [0.05, 0.1) is 19.0 Å². The first-order valence-electron chi connectivity index (χ1n) is 5.66. The van der Waals surface area contributed by atoms with E-state index >= 15 is 0 Å². The van der Waals surface area contributed by atoms with Crippen molar-refractivity contribution in [3.8, 4) is 0 Å². The Morgan fingerprint density at radius 2 is 2.40 bits per heavy atom. The van der Waals surface area contributed by atoms with Gasteiger partial charge in [0.25, 0.3) is 0 Å². The minimum absolute atomic E-state index is 0.599. The minimum atomic E-state index is 0.599. The summed E-state index contributed by atoms with van der Waals surface area (Å²) < 4.78 is 2.16. The quantitative estimate of drug-likeness (QED) is 0.759. The summed E-state index contributed by atoms with van der Waals surface area (Å²) in [5, 5.41) is 12.0. The largest absolute Gasteiger partial charge is 0.346 e. The molecule has 0 aromatic carbocycles. The summed E-state index contributed by atoms with van der Waals surface area (Å²) in [6.45, 7) is 4.58. The molecule has 1 aromatic rings. The highest BCUT2D eigenvalue weighted by Crippen LogP contribution is 2.23. The van der Waals surface area contributed by atoms with Crippen LogP contribution < -0.4 is 5.32 Å². The Balaban J connectivity index is 2.13. The van der Waals surface area contributed by atoms with E-state index in [0.717, 1.165) is 10.9 Å². The summed E-state index contributed by atoms with van der Waals surface area (Å²) in [5.74, 6) is 2.83. The highest BCUT2D eigenvalue weighted by Gasteiger charge is 2.23. The molecule has 0 aliphatic carbocycles. The fraction of sp³-hybridized carbons (Fsp3) is 0.800. The number of nitrogens with zero attached hydrogens (tertiary/aromatic N) is 3. The Hall–Kier alpha value is -0.550. The van der Waals surface area contributed by atoms with Gasteiger partial charge in [-0.3, -0.25) is 0 Å². The lowest BCUT2D eigenvalue weighted by molar-refractivity contribution is -0.665. The predicted octanol–water partition coefficient (Wildman–Crippen LogP) is 0.368. The fourth-order valence-corrected chi connectivity index (χ4v) is 2.76. The maximum Gasteiger partial charge on any atom is 0.190 e. The molecule has 1 aromatic heterocycles. The van der Waals surface area contributed by atoms with Crippen LogP contribution in [0.15, 0.2) is 5.16 Å².